The average Bonchev–Trinajstić information content (AvgIpc) is 2.03. The largest absolute Gasteiger partial charge is 0.464 e. The molecule has 5 heteroatoms. The molecular formula is C7H7FN2O2. The Morgan fingerprint density at radius 1 is 1.75 bits per heavy atom. The summed E-state index contributed by atoms with van der Waals surface area (Å²) >= 11 is 0. The van der Waals surface area contributed by atoms with Gasteiger partial charge in [-0.3, -0.25) is 0 Å². The van der Waals surface area contributed by atoms with Crippen molar-refractivity contribution in [3.05, 3.63) is 23.8 Å². The van der Waals surface area contributed by atoms with E-state index >= 15 is 0 Å². The monoisotopic (exact) mass is 170 g/mol. The van der Waals surface area contributed by atoms with E-state index in [1.807, 2.05) is 0 Å². The maximum Gasteiger partial charge on any atom is 0.359 e. The second kappa shape index (κ2) is 3.17. The molecular weight excluding hydrogens is 163 g/mol. The molecule has 0 aliphatic heterocycles. The fraction of sp³-hybridized carbons (Fsp3) is 0.143. The predicted octanol–water partition coefficient (Wildman–Crippen LogP) is 0.590. The molecule has 0 fully saturated rings. The fourth-order valence-corrected chi connectivity index (χ4v) is 0.700. The van der Waals surface area contributed by atoms with Gasteiger partial charge < -0.3 is 10.5 Å². The van der Waals surface area contributed by atoms with Crippen LogP contribution in [0.3, 0.4) is 0 Å². The normalized spacial score (nSPS) is 9.50. The minimum Gasteiger partial charge on any atom is -0.464 e. The van der Waals surface area contributed by atoms with Crippen LogP contribution in [0.25, 0.3) is 0 Å². The van der Waals surface area contributed by atoms with E-state index in [1.165, 1.54) is 6.20 Å². The van der Waals surface area contributed by atoms with Gasteiger partial charge in [-0.15, -0.1) is 0 Å². The highest BCUT2D eigenvalue weighted by Crippen LogP contribution is 2.08. The van der Waals surface area contributed by atoms with Crippen LogP contribution in [0.5, 0.6) is 0 Å². The number of ether oxygens (including phenoxy) is 1. The van der Waals surface area contributed by atoms with Crippen LogP contribution in [0.1, 0.15) is 10.5 Å². The van der Waals surface area contributed by atoms with Gasteiger partial charge in [-0.1, -0.05) is 0 Å². The maximum atomic E-state index is 12.8. The van der Waals surface area contributed by atoms with E-state index in [4.69, 9.17) is 5.73 Å². The third-order valence-electron chi connectivity index (χ3n) is 1.24. The lowest BCUT2D eigenvalue weighted by Crippen LogP contribution is -2.07. The van der Waals surface area contributed by atoms with Gasteiger partial charge in [0, 0.05) is 6.07 Å². The summed E-state index contributed by atoms with van der Waals surface area (Å²) in [5.41, 5.74) is 5.03. The van der Waals surface area contributed by atoms with Crippen LogP contribution >= 0.6 is 0 Å². The van der Waals surface area contributed by atoms with Gasteiger partial charge in [0.2, 0.25) is 0 Å². The zero-order valence-corrected chi connectivity index (χ0v) is 6.37. The molecule has 0 aliphatic rings. The van der Waals surface area contributed by atoms with Crippen LogP contribution in [0, 0.1) is 5.82 Å². The molecule has 4 nitrogen and oxygen atoms in total. The van der Waals surface area contributed by atoms with Gasteiger partial charge in [0.1, 0.15) is 0 Å². The summed E-state index contributed by atoms with van der Waals surface area (Å²) in [7, 11) is 1.15. The first-order chi connectivity index (χ1) is 5.65. The van der Waals surface area contributed by atoms with Gasteiger partial charge in [-0.05, 0) is 0 Å². The zero-order valence-electron chi connectivity index (χ0n) is 6.37. The topological polar surface area (TPSA) is 65.2 Å². The first-order valence-corrected chi connectivity index (χ1v) is 3.14. The highest BCUT2D eigenvalue weighted by molar-refractivity contribution is 5.87. The number of anilines is 1. The number of carbonyl (C=O) groups excluding carboxylic acids is 1. The van der Waals surface area contributed by atoms with E-state index in [0.717, 1.165) is 13.2 Å². The van der Waals surface area contributed by atoms with Crippen LogP contribution in [0.4, 0.5) is 10.1 Å². The number of hydrogen-bond donors (Lipinski definition) is 1. The molecule has 1 aromatic heterocycles. The lowest BCUT2D eigenvalue weighted by Gasteiger charge is -1.99. The molecule has 0 unspecified atom stereocenters. The minimum absolute atomic E-state index is 0.167. The van der Waals surface area contributed by atoms with Crippen LogP contribution in [-0.4, -0.2) is 18.1 Å². The van der Waals surface area contributed by atoms with E-state index in [9.17, 15) is 9.18 Å². The van der Waals surface area contributed by atoms with Crippen molar-refractivity contribution in [2.45, 2.75) is 0 Å². The smallest absolute Gasteiger partial charge is 0.359 e. The summed E-state index contributed by atoms with van der Waals surface area (Å²) in [6, 6.07) is 1.01. The van der Waals surface area contributed by atoms with Crippen molar-refractivity contribution in [1.82, 2.24) is 4.98 Å². The molecule has 0 atom stereocenters. The molecule has 0 amide bonds. The Labute approximate surface area is 68.2 Å². The summed E-state index contributed by atoms with van der Waals surface area (Å²) in [4.78, 5) is 14.3. The van der Waals surface area contributed by atoms with Gasteiger partial charge in [-0.2, -0.15) is 0 Å². The van der Waals surface area contributed by atoms with Crippen molar-refractivity contribution in [3.8, 4) is 0 Å². The number of rotatable bonds is 1. The Morgan fingerprint density at radius 2 is 2.42 bits per heavy atom. The highest BCUT2D eigenvalue weighted by atomic mass is 19.1. The molecule has 0 radical (unpaired) electrons. The number of methoxy groups -OCH3 is 1. The Morgan fingerprint density at radius 3 is 2.92 bits per heavy atom. The van der Waals surface area contributed by atoms with Crippen molar-refractivity contribution < 1.29 is 13.9 Å². The summed E-state index contributed by atoms with van der Waals surface area (Å²) in [5, 5.41) is 0. The average molecular weight is 170 g/mol. The molecule has 1 heterocycles. The van der Waals surface area contributed by atoms with Gasteiger partial charge >= 0.3 is 5.97 Å². The summed E-state index contributed by atoms with van der Waals surface area (Å²) < 4.78 is 17.1. The molecule has 1 rings (SSSR count). The number of pyridine rings is 1. The van der Waals surface area contributed by atoms with E-state index in [1.54, 1.807) is 0 Å². The lowest BCUT2D eigenvalue weighted by atomic mass is 10.3. The number of halogens is 1. The summed E-state index contributed by atoms with van der Waals surface area (Å²) in [5.74, 6) is -1.59. The Hall–Kier alpha value is -1.65. The van der Waals surface area contributed by atoms with Crippen molar-refractivity contribution in [1.29, 1.82) is 0 Å². The molecule has 0 aliphatic carbocycles. The van der Waals surface area contributed by atoms with Crippen LogP contribution in [0.2, 0.25) is 0 Å². The zero-order chi connectivity index (χ0) is 9.14. The third kappa shape index (κ3) is 1.50. The number of aromatic nitrogens is 1. The molecule has 0 saturated heterocycles. The molecule has 1 aromatic rings. The summed E-state index contributed by atoms with van der Waals surface area (Å²) in [6.07, 6.45) is 1.19. The van der Waals surface area contributed by atoms with E-state index in [2.05, 4.69) is 9.72 Å². The second-order valence-corrected chi connectivity index (χ2v) is 2.09. The molecule has 0 bridgehead atoms. The number of nitrogens with zero attached hydrogens (tertiary/aromatic N) is 1. The van der Waals surface area contributed by atoms with Gasteiger partial charge in [0.25, 0.3) is 0 Å². The maximum absolute atomic E-state index is 12.8. The number of nitrogens with two attached hydrogens (primary N) is 1. The van der Waals surface area contributed by atoms with Crippen molar-refractivity contribution >= 4 is 11.7 Å². The fourth-order valence-electron chi connectivity index (χ4n) is 0.700. The molecule has 0 aromatic carbocycles. The van der Waals surface area contributed by atoms with Gasteiger partial charge in [0.15, 0.2) is 11.5 Å². The summed E-state index contributed by atoms with van der Waals surface area (Å²) in [6.45, 7) is 0. The molecule has 2 N–H and O–H groups in total. The lowest BCUT2D eigenvalue weighted by molar-refractivity contribution is 0.0588. The van der Waals surface area contributed by atoms with E-state index < -0.39 is 11.8 Å². The molecule has 0 saturated carbocycles. The van der Waals surface area contributed by atoms with Gasteiger partial charge in [-0.25, -0.2) is 14.2 Å². The van der Waals surface area contributed by atoms with Crippen molar-refractivity contribution in [2.24, 2.45) is 0 Å². The van der Waals surface area contributed by atoms with Crippen LogP contribution in [0.15, 0.2) is 12.3 Å². The Kier molecular flexibility index (Phi) is 2.23. The quantitative estimate of drug-likeness (QED) is 0.626. The van der Waals surface area contributed by atoms with Crippen LogP contribution in [-0.2, 0) is 4.74 Å². The molecule has 64 valence electrons. The molecule has 0 spiro atoms. The van der Waals surface area contributed by atoms with Crippen molar-refractivity contribution in [3.63, 3.8) is 0 Å². The third-order valence-corrected chi connectivity index (χ3v) is 1.24. The van der Waals surface area contributed by atoms with E-state index in [-0.39, 0.29) is 11.4 Å². The first-order valence-electron chi connectivity index (χ1n) is 3.14. The second-order valence-electron chi connectivity index (χ2n) is 2.09. The standard InChI is InChI=1S/C7H7FN2O2/c1-12-7(11)6-5(8)2-4(9)3-10-6/h2-3H,9H2,1H3. The van der Waals surface area contributed by atoms with Gasteiger partial charge in [0.05, 0.1) is 19.0 Å². The SMILES string of the molecule is COC(=O)c1ncc(N)cc1F. The minimum atomic E-state index is -0.813. The van der Waals surface area contributed by atoms with E-state index in [0.29, 0.717) is 0 Å². The Balaban J connectivity index is 3.09. The first kappa shape index (κ1) is 8.45. The number of carbonyl (C=O) groups is 1. The number of esters is 1. The highest BCUT2D eigenvalue weighted by Gasteiger charge is 2.13. The Bertz CT molecular complexity index is 314. The number of nitrogen functional groups attached to an aromatic ring is 1. The predicted molar refractivity (Wildman–Crippen MR) is 39.9 cm³/mol. The van der Waals surface area contributed by atoms with Crippen molar-refractivity contribution in [2.75, 3.05) is 12.8 Å². The molecule has 12 heavy (non-hydrogen) atoms. The number of hydrogen-bond acceptors (Lipinski definition) is 4. The van der Waals surface area contributed by atoms with Crippen LogP contribution < -0.4 is 5.73 Å².